The fourth-order valence-electron chi connectivity index (χ4n) is 4.57. The summed E-state index contributed by atoms with van der Waals surface area (Å²) >= 11 is 2.12. The molecule has 2 aliphatic heterocycles. The molecule has 0 aromatic heterocycles. The highest BCUT2D eigenvalue weighted by molar-refractivity contribution is 8.01. The third kappa shape index (κ3) is 2.87. The predicted octanol–water partition coefficient (Wildman–Crippen LogP) is 5.14. The molecule has 2 aromatic carbocycles. The Bertz CT molecular complexity index is 806. The molecule has 134 valence electrons. The van der Waals surface area contributed by atoms with Gasteiger partial charge < -0.3 is 4.90 Å². The second kappa shape index (κ2) is 6.45. The van der Waals surface area contributed by atoms with Gasteiger partial charge in [-0.25, -0.2) is 0 Å². The van der Waals surface area contributed by atoms with E-state index in [1.54, 1.807) is 0 Å². The van der Waals surface area contributed by atoms with Gasteiger partial charge in [0.25, 0.3) is 0 Å². The van der Waals surface area contributed by atoms with Gasteiger partial charge in [0.15, 0.2) is 0 Å². The van der Waals surface area contributed by atoms with Crippen LogP contribution in [0.3, 0.4) is 0 Å². The highest BCUT2D eigenvalue weighted by atomic mass is 32.2. The Balaban J connectivity index is 1.39. The van der Waals surface area contributed by atoms with Gasteiger partial charge in [-0.05, 0) is 48.3 Å². The SMILES string of the molecule is O=C(CC1CC1)N1CCC2(CC1)SC(c1ccccc1)c1ccccc12. The number of carbonyl (C=O) groups excluding carboxylic acids is 1. The Kier molecular flexibility index (Phi) is 4.08. The maximum absolute atomic E-state index is 12.5. The zero-order chi connectivity index (χ0) is 17.6. The van der Waals surface area contributed by atoms with E-state index in [4.69, 9.17) is 0 Å². The first-order valence-electron chi connectivity index (χ1n) is 9.85. The van der Waals surface area contributed by atoms with Crippen LogP contribution in [-0.4, -0.2) is 23.9 Å². The topological polar surface area (TPSA) is 20.3 Å². The summed E-state index contributed by atoms with van der Waals surface area (Å²) in [5.74, 6) is 1.07. The zero-order valence-electron chi connectivity index (χ0n) is 15.1. The van der Waals surface area contributed by atoms with E-state index in [0.29, 0.717) is 17.1 Å². The second-order valence-corrected chi connectivity index (χ2v) is 9.51. The number of rotatable bonds is 3. The lowest BCUT2D eigenvalue weighted by Gasteiger charge is -2.40. The molecule has 2 nitrogen and oxygen atoms in total. The number of fused-ring (bicyclic) bond motifs is 2. The maximum atomic E-state index is 12.5. The average Bonchev–Trinajstić information content (AvgIpc) is 3.46. The lowest BCUT2D eigenvalue weighted by Crippen LogP contribution is -2.43. The molecule has 0 N–H and O–H groups in total. The third-order valence-corrected chi connectivity index (χ3v) is 8.11. The fourth-order valence-corrected chi connectivity index (χ4v) is 6.38. The number of piperidine rings is 1. The van der Waals surface area contributed by atoms with Crippen LogP contribution in [0.5, 0.6) is 0 Å². The third-order valence-electron chi connectivity index (χ3n) is 6.26. The van der Waals surface area contributed by atoms with E-state index in [9.17, 15) is 4.79 Å². The van der Waals surface area contributed by atoms with Gasteiger partial charge in [-0.15, -0.1) is 11.8 Å². The van der Waals surface area contributed by atoms with Gasteiger partial charge >= 0.3 is 0 Å². The van der Waals surface area contributed by atoms with E-state index in [-0.39, 0.29) is 4.75 Å². The summed E-state index contributed by atoms with van der Waals surface area (Å²) in [6, 6.07) is 19.9. The van der Waals surface area contributed by atoms with Crippen molar-refractivity contribution in [2.75, 3.05) is 13.1 Å². The number of thioether (sulfide) groups is 1. The number of hydrogen-bond acceptors (Lipinski definition) is 2. The van der Waals surface area contributed by atoms with E-state index in [1.165, 1.54) is 29.5 Å². The van der Waals surface area contributed by atoms with Crippen LogP contribution in [0.25, 0.3) is 0 Å². The molecule has 3 aliphatic rings. The zero-order valence-corrected chi connectivity index (χ0v) is 15.9. The molecule has 2 heterocycles. The van der Waals surface area contributed by atoms with E-state index in [2.05, 4.69) is 71.3 Å². The molecule has 26 heavy (non-hydrogen) atoms. The molecule has 0 bridgehead atoms. The monoisotopic (exact) mass is 363 g/mol. The summed E-state index contributed by atoms with van der Waals surface area (Å²) in [4.78, 5) is 14.6. The highest BCUT2D eigenvalue weighted by Crippen LogP contribution is 2.61. The fraction of sp³-hybridized carbons (Fsp3) is 0.435. The average molecular weight is 364 g/mol. The molecule has 1 unspecified atom stereocenters. The molecule has 1 atom stereocenters. The van der Waals surface area contributed by atoms with Crippen LogP contribution >= 0.6 is 11.8 Å². The molecule has 0 radical (unpaired) electrons. The summed E-state index contributed by atoms with van der Waals surface area (Å²) in [6.07, 6.45) is 5.45. The Hall–Kier alpha value is -1.74. The van der Waals surface area contributed by atoms with Gasteiger partial charge in [-0.1, -0.05) is 54.6 Å². The van der Waals surface area contributed by atoms with Crippen LogP contribution in [0.15, 0.2) is 54.6 Å². The van der Waals surface area contributed by atoms with Gasteiger partial charge in [-0.2, -0.15) is 0 Å². The molecule has 1 amide bonds. The van der Waals surface area contributed by atoms with Gasteiger partial charge in [0.1, 0.15) is 0 Å². The standard InChI is InChI=1S/C23H25NOS/c25-21(16-17-10-11-17)24-14-12-23(13-15-24)20-9-5-4-8-19(20)22(26-23)18-6-2-1-3-7-18/h1-9,17,22H,10-16H2. The number of likely N-dealkylation sites (tertiary alicyclic amines) is 1. The van der Waals surface area contributed by atoms with Crippen molar-refractivity contribution in [2.45, 2.75) is 42.1 Å². The van der Waals surface area contributed by atoms with Crippen LogP contribution in [-0.2, 0) is 9.54 Å². The van der Waals surface area contributed by atoms with Crippen molar-refractivity contribution in [2.24, 2.45) is 5.92 Å². The first kappa shape index (κ1) is 16.4. The number of carbonyl (C=O) groups is 1. The van der Waals surface area contributed by atoms with E-state index < -0.39 is 0 Å². The van der Waals surface area contributed by atoms with Crippen molar-refractivity contribution in [3.63, 3.8) is 0 Å². The minimum absolute atomic E-state index is 0.174. The van der Waals surface area contributed by atoms with Crippen molar-refractivity contribution >= 4 is 17.7 Å². The molecule has 2 fully saturated rings. The normalized spacial score (nSPS) is 23.8. The molecule has 5 rings (SSSR count). The van der Waals surface area contributed by atoms with Crippen molar-refractivity contribution in [3.05, 3.63) is 71.3 Å². The minimum Gasteiger partial charge on any atom is -0.343 e. The lowest BCUT2D eigenvalue weighted by atomic mass is 9.84. The van der Waals surface area contributed by atoms with Crippen molar-refractivity contribution in [1.29, 1.82) is 0 Å². The van der Waals surface area contributed by atoms with Crippen LogP contribution in [0.4, 0.5) is 0 Å². The minimum atomic E-state index is 0.174. The van der Waals surface area contributed by atoms with Crippen molar-refractivity contribution in [3.8, 4) is 0 Å². The summed E-state index contributed by atoms with van der Waals surface area (Å²) < 4.78 is 0.174. The summed E-state index contributed by atoms with van der Waals surface area (Å²) in [5, 5.41) is 0.418. The Morgan fingerprint density at radius 1 is 1.00 bits per heavy atom. The smallest absolute Gasteiger partial charge is 0.222 e. The molecule has 2 aromatic rings. The molecular formula is C23H25NOS. The Labute approximate surface area is 160 Å². The van der Waals surface area contributed by atoms with Crippen LogP contribution in [0.1, 0.15) is 54.0 Å². The van der Waals surface area contributed by atoms with Crippen LogP contribution in [0.2, 0.25) is 0 Å². The summed E-state index contributed by atoms with van der Waals surface area (Å²) in [6.45, 7) is 1.82. The molecule has 1 saturated heterocycles. The van der Waals surface area contributed by atoms with Gasteiger partial charge in [0.2, 0.25) is 5.91 Å². The first-order chi connectivity index (χ1) is 12.8. The second-order valence-electron chi connectivity index (χ2n) is 8.02. The van der Waals surface area contributed by atoms with E-state index in [1.807, 2.05) is 0 Å². The number of nitrogens with zero attached hydrogens (tertiary/aromatic N) is 1. The Morgan fingerprint density at radius 2 is 1.69 bits per heavy atom. The van der Waals surface area contributed by atoms with Crippen LogP contribution < -0.4 is 0 Å². The number of amides is 1. The predicted molar refractivity (Wildman–Crippen MR) is 107 cm³/mol. The van der Waals surface area contributed by atoms with Crippen molar-refractivity contribution in [1.82, 2.24) is 4.90 Å². The molecule has 3 heteroatoms. The molecule has 1 spiro atoms. The van der Waals surface area contributed by atoms with Gasteiger partial charge in [-0.3, -0.25) is 4.79 Å². The van der Waals surface area contributed by atoms with Crippen molar-refractivity contribution < 1.29 is 4.79 Å². The summed E-state index contributed by atoms with van der Waals surface area (Å²) in [7, 11) is 0. The van der Waals surface area contributed by atoms with E-state index in [0.717, 1.165) is 32.4 Å². The molecular weight excluding hydrogens is 338 g/mol. The largest absolute Gasteiger partial charge is 0.343 e. The van der Waals surface area contributed by atoms with Crippen LogP contribution in [0, 0.1) is 5.92 Å². The Morgan fingerprint density at radius 3 is 2.42 bits per heavy atom. The molecule has 1 aliphatic carbocycles. The quantitative estimate of drug-likeness (QED) is 0.752. The van der Waals surface area contributed by atoms with Gasteiger partial charge in [0.05, 0.1) is 5.25 Å². The van der Waals surface area contributed by atoms with E-state index >= 15 is 0 Å². The number of benzene rings is 2. The maximum Gasteiger partial charge on any atom is 0.222 e. The van der Waals surface area contributed by atoms with Gasteiger partial charge in [0, 0.05) is 24.3 Å². The summed E-state index contributed by atoms with van der Waals surface area (Å²) in [5.41, 5.74) is 4.38. The lowest BCUT2D eigenvalue weighted by molar-refractivity contribution is -0.132. The molecule has 1 saturated carbocycles. The highest BCUT2D eigenvalue weighted by Gasteiger charge is 2.47. The first-order valence-corrected chi connectivity index (χ1v) is 10.7. The number of hydrogen-bond donors (Lipinski definition) is 0.